The smallest absolute Gasteiger partial charge is 0.276 e. The standard InChI is InChI=1S/C25H32N6O2SSi/c1-17-14-22(34-29-17)27-24(32)23-21(11-13-33-35(5,6)25(2,3)4)28-30-31(23)16-18-9-10-20-19(15-18)8-7-12-26-20/h7-10,12,14-15H,11,13,16H2,1-6H3,(H,27,32). The fourth-order valence-corrected chi connectivity index (χ4v) is 5.19. The first kappa shape index (κ1) is 25.1. The number of fused-ring (bicyclic) bond motifs is 1. The minimum Gasteiger partial charge on any atom is -0.416 e. The minimum absolute atomic E-state index is 0.111. The van der Waals surface area contributed by atoms with E-state index >= 15 is 0 Å². The fourth-order valence-electron chi connectivity index (χ4n) is 3.49. The molecule has 3 heterocycles. The van der Waals surface area contributed by atoms with E-state index in [0.29, 0.717) is 36.0 Å². The SMILES string of the molecule is Cc1cc(NC(=O)c2c(CCO[Si](C)(C)C(C)(C)C)nnn2Cc2ccc3ncccc3c2)sn1. The van der Waals surface area contributed by atoms with Gasteiger partial charge < -0.3 is 9.74 Å². The Bertz CT molecular complexity index is 1340. The van der Waals surface area contributed by atoms with Crippen LogP contribution in [0.2, 0.25) is 18.1 Å². The van der Waals surface area contributed by atoms with Crippen LogP contribution >= 0.6 is 11.5 Å². The number of pyridine rings is 1. The molecule has 4 rings (SSSR count). The van der Waals surface area contributed by atoms with Crippen LogP contribution in [0, 0.1) is 6.92 Å². The maximum Gasteiger partial charge on any atom is 0.276 e. The number of aromatic nitrogens is 5. The molecule has 0 fully saturated rings. The number of amides is 1. The number of carbonyl (C=O) groups is 1. The number of carbonyl (C=O) groups excluding carboxylic acids is 1. The predicted molar refractivity (Wildman–Crippen MR) is 143 cm³/mol. The number of hydrogen-bond acceptors (Lipinski definition) is 7. The summed E-state index contributed by atoms with van der Waals surface area (Å²) in [4.78, 5) is 17.8. The van der Waals surface area contributed by atoms with Gasteiger partial charge in [0.25, 0.3) is 5.91 Å². The maximum atomic E-state index is 13.4. The molecule has 0 unspecified atom stereocenters. The van der Waals surface area contributed by atoms with Gasteiger partial charge in [0.2, 0.25) is 0 Å². The summed E-state index contributed by atoms with van der Waals surface area (Å²) in [6.45, 7) is 13.9. The second kappa shape index (κ2) is 9.96. The number of benzene rings is 1. The van der Waals surface area contributed by atoms with Gasteiger partial charge in [-0.25, -0.2) is 4.68 Å². The van der Waals surface area contributed by atoms with Crippen molar-refractivity contribution in [2.75, 3.05) is 11.9 Å². The molecule has 0 atom stereocenters. The van der Waals surface area contributed by atoms with Crippen molar-refractivity contribution in [3.8, 4) is 0 Å². The van der Waals surface area contributed by atoms with E-state index < -0.39 is 8.32 Å². The monoisotopic (exact) mass is 508 g/mol. The molecule has 0 spiro atoms. The lowest BCUT2D eigenvalue weighted by Crippen LogP contribution is -2.41. The quantitative estimate of drug-likeness (QED) is 0.318. The molecule has 0 aliphatic rings. The summed E-state index contributed by atoms with van der Waals surface area (Å²) in [5.41, 5.74) is 3.88. The van der Waals surface area contributed by atoms with Gasteiger partial charge in [0.1, 0.15) is 10.7 Å². The highest BCUT2D eigenvalue weighted by atomic mass is 32.1. The highest BCUT2D eigenvalue weighted by Gasteiger charge is 2.37. The van der Waals surface area contributed by atoms with Crippen molar-refractivity contribution in [3.63, 3.8) is 0 Å². The lowest BCUT2D eigenvalue weighted by Gasteiger charge is -2.36. The molecule has 4 aromatic rings. The van der Waals surface area contributed by atoms with Gasteiger partial charge in [-0.15, -0.1) is 5.10 Å². The molecule has 8 nitrogen and oxygen atoms in total. The normalized spacial score (nSPS) is 12.3. The van der Waals surface area contributed by atoms with E-state index in [1.54, 1.807) is 10.9 Å². The van der Waals surface area contributed by atoms with Crippen molar-refractivity contribution < 1.29 is 9.22 Å². The zero-order valence-electron chi connectivity index (χ0n) is 21.1. The van der Waals surface area contributed by atoms with Crippen molar-refractivity contribution in [2.45, 2.75) is 58.8 Å². The molecular formula is C25H32N6O2SSi. The molecule has 0 saturated heterocycles. The van der Waals surface area contributed by atoms with Crippen LogP contribution in [0.4, 0.5) is 5.00 Å². The van der Waals surface area contributed by atoms with Crippen molar-refractivity contribution in [1.29, 1.82) is 0 Å². The molecular weight excluding hydrogens is 476 g/mol. The maximum absolute atomic E-state index is 13.4. The predicted octanol–water partition coefficient (Wildman–Crippen LogP) is 5.46. The van der Waals surface area contributed by atoms with Gasteiger partial charge in [-0.2, -0.15) is 4.37 Å². The van der Waals surface area contributed by atoms with Crippen LogP contribution in [0.3, 0.4) is 0 Å². The Kier molecular flexibility index (Phi) is 7.16. The number of nitrogens with one attached hydrogen (secondary N) is 1. The third kappa shape index (κ3) is 5.83. The van der Waals surface area contributed by atoms with Crippen LogP contribution < -0.4 is 5.32 Å². The van der Waals surface area contributed by atoms with E-state index in [0.717, 1.165) is 22.2 Å². The lowest BCUT2D eigenvalue weighted by molar-refractivity contribution is 0.101. The van der Waals surface area contributed by atoms with Gasteiger partial charge in [-0.05, 0) is 66.4 Å². The molecule has 10 heteroatoms. The molecule has 0 aliphatic heterocycles. The van der Waals surface area contributed by atoms with Crippen LogP contribution in [0.15, 0.2) is 42.6 Å². The second-order valence-corrected chi connectivity index (χ2v) is 15.8. The van der Waals surface area contributed by atoms with Gasteiger partial charge in [0, 0.05) is 24.6 Å². The molecule has 1 amide bonds. The molecule has 1 N–H and O–H groups in total. The Morgan fingerprint density at radius 3 is 2.71 bits per heavy atom. The molecule has 1 aromatic carbocycles. The first-order valence-electron chi connectivity index (χ1n) is 11.7. The molecule has 3 aromatic heterocycles. The van der Waals surface area contributed by atoms with Crippen LogP contribution in [0.25, 0.3) is 10.9 Å². The second-order valence-electron chi connectivity index (χ2n) is 10.2. The zero-order chi connectivity index (χ0) is 25.2. The molecule has 184 valence electrons. The summed E-state index contributed by atoms with van der Waals surface area (Å²) < 4.78 is 12.3. The summed E-state index contributed by atoms with van der Waals surface area (Å²) in [7, 11) is -1.91. The van der Waals surface area contributed by atoms with Crippen molar-refractivity contribution in [2.24, 2.45) is 0 Å². The van der Waals surface area contributed by atoms with E-state index in [1.807, 2.05) is 37.3 Å². The van der Waals surface area contributed by atoms with Crippen LogP contribution in [0.5, 0.6) is 0 Å². The average molecular weight is 509 g/mol. The van der Waals surface area contributed by atoms with E-state index in [9.17, 15) is 4.79 Å². The zero-order valence-corrected chi connectivity index (χ0v) is 22.9. The number of nitrogens with zero attached hydrogens (tertiary/aromatic N) is 5. The first-order chi connectivity index (χ1) is 16.5. The van der Waals surface area contributed by atoms with Gasteiger partial charge in [-0.3, -0.25) is 9.78 Å². The van der Waals surface area contributed by atoms with Crippen LogP contribution in [-0.4, -0.2) is 45.2 Å². The Morgan fingerprint density at radius 1 is 1.20 bits per heavy atom. The van der Waals surface area contributed by atoms with Crippen LogP contribution in [0.1, 0.15) is 48.2 Å². The van der Waals surface area contributed by atoms with Crippen molar-refractivity contribution in [1.82, 2.24) is 24.4 Å². The number of hydrogen-bond donors (Lipinski definition) is 1. The van der Waals surface area contributed by atoms with E-state index in [2.05, 4.69) is 64.9 Å². The summed E-state index contributed by atoms with van der Waals surface area (Å²) in [6.07, 6.45) is 2.29. The molecule has 0 aliphatic carbocycles. The largest absolute Gasteiger partial charge is 0.416 e. The highest BCUT2D eigenvalue weighted by Crippen LogP contribution is 2.36. The molecule has 35 heavy (non-hydrogen) atoms. The van der Waals surface area contributed by atoms with Gasteiger partial charge in [0.05, 0.1) is 23.4 Å². The first-order valence-corrected chi connectivity index (χ1v) is 15.4. The molecule has 0 bridgehead atoms. The number of anilines is 1. The van der Waals surface area contributed by atoms with Gasteiger partial charge >= 0.3 is 0 Å². The number of rotatable bonds is 8. The van der Waals surface area contributed by atoms with Crippen molar-refractivity contribution >= 4 is 41.7 Å². The molecule has 0 saturated carbocycles. The van der Waals surface area contributed by atoms with E-state index in [1.165, 1.54) is 11.5 Å². The Morgan fingerprint density at radius 2 is 2.00 bits per heavy atom. The average Bonchev–Trinajstić information content (AvgIpc) is 3.38. The third-order valence-electron chi connectivity index (χ3n) is 6.49. The highest BCUT2D eigenvalue weighted by molar-refractivity contribution is 7.10. The summed E-state index contributed by atoms with van der Waals surface area (Å²) in [5, 5.41) is 13.6. The van der Waals surface area contributed by atoms with Gasteiger partial charge in [0.15, 0.2) is 8.32 Å². The van der Waals surface area contributed by atoms with Gasteiger partial charge in [-0.1, -0.05) is 38.1 Å². The Balaban J connectivity index is 1.59. The summed E-state index contributed by atoms with van der Waals surface area (Å²) in [5.74, 6) is -0.247. The van der Waals surface area contributed by atoms with Crippen molar-refractivity contribution in [3.05, 3.63) is 65.2 Å². The molecule has 0 radical (unpaired) electrons. The van der Waals surface area contributed by atoms with E-state index in [4.69, 9.17) is 4.43 Å². The fraction of sp³-hybridized carbons (Fsp3) is 0.400. The van der Waals surface area contributed by atoms with E-state index in [-0.39, 0.29) is 10.9 Å². The minimum atomic E-state index is -1.91. The Hall–Kier alpha value is -2.95. The summed E-state index contributed by atoms with van der Waals surface area (Å²) >= 11 is 1.26. The topological polar surface area (TPSA) is 94.8 Å². The third-order valence-corrected chi connectivity index (χ3v) is 11.8. The lowest BCUT2D eigenvalue weighted by atomic mass is 10.1. The number of aryl methyl sites for hydroxylation is 1. The summed E-state index contributed by atoms with van der Waals surface area (Å²) in [6, 6.07) is 11.8. The Labute approximate surface area is 211 Å². The van der Waals surface area contributed by atoms with Crippen LogP contribution in [-0.2, 0) is 17.4 Å².